The molecule has 1 atom stereocenters. The maximum atomic E-state index is 13.2. The van der Waals surface area contributed by atoms with Crippen molar-refractivity contribution in [3.8, 4) is 10.4 Å². The largest absolute Gasteiger partial charge is 0.336 e. The molecule has 2 aliphatic rings. The SMILES string of the molecule is NC1CCCN(C(=O)c2nc(C3CC3)sc2-c2ccc(F)cc2)C1. The number of thiazole rings is 1. The molecule has 1 unspecified atom stereocenters. The normalized spacial score (nSPS) is 21.1. The molecule has 1 saturated heterocycles. The molecule has 4 rings (SSSR count). The summed E-state index contributed by atoms with van der Waals surface area (Å²) < 4.78 is 13.2. The number of piperidine rings is 1. The lowest BCUT2D eigenvalue weighted by Crippen LogP contribution is -2.45. The zero-order valence-corrected chi connectivity index (χ0v) is 14.2. The Morgan fingerprint density at radius 2 is 2.00 bits per heavy atom. The fourth-order valence-electron chi connectivity index (χ4n) is 3.13. The lowest BCUT2D eigenvalue weighted by Gasteiger charge is -2.30. The van der Waals surface area contributed by atoms with E-state index in [1.807, 2.05) is 4.90 Å². The van der Waals surface area contributed by atoms with Crippen molar-refractivity contribution < 1.29 is 9.18 Å². The van der Waals surface area contributed by atoms with E-state index in [9.17, 15) is 9.18 Å². The smallest absolute Gasteiger partial charge is 0.274 e. The topological polar surface area (TPSA) is 59.2 Å². The Kier molecular flexibility index (Phi) is 4.10. The molecule has 6 heteroatoms. The van der Waals surface area contributed by atoms with Crippen molar-refractivity contribution in [1.29, 1.82) is 0 Å². The minimum Gasteiger partial charge on any atom is -0.336 e. The molecule has 1 saturated carbocycles. The Balaban J connectivity index is 1.70. The molecular weight excluding hydrogens is 325 g/mol. The highest BCUT2D eigenvalue weighted by Crippen LogP contribution is 2.45. The van der Waals surface area contributed by atoms with Crippen molar-refractivity contribution in [2.45, 2.75) is 37.6 Å². The van der Waals surface area contributed by atoms with Gasteiger partial charge in [-0.25, -0.2) is 9.37 Å². The van der Waals surface area contributed by atoms with Crippen LogP contribution in [0.15, 0.2) is 24.3 Å². The Morgan fingerprint density at radius 3 is 2.67 bits per heavy atom. The van der Waals surface area contributed by atoms with Gasteiger partial charge in [0.15, 0.2) is 0 Å². The van der Waals surface area contributed by atoms with E-state index in [1.165, 1.54) is 12.1 Å². The first kappa shape index (κ1) is 15.7. The number of amides is 1. The monoisotopic (exact) mass is 345 g/mol. The number of hydrogen-bond acceptors (Lipinski definition) is 4. The van der Waals surface area contributed by atoms with Gasteiger partial charge in [-0.1, -0.05) is 12.1 Å². The van der Waals surface area contributed by atoms with E-state index in [1.54, 1.807) is 23.5 Å². The maximum Gasteiger partial charge on any atom is 0.274 e. The van der Waals surface area contributed by atoms with Crippen LogP contribution in [-0.2, 0) is 0 Å². The van der Waals surface area contributed by atoms with Gasteiger partial charge in [0.25, 0.3) is 5.91 Å². The fraction of sp³-hybridized carbons (Fsp3) is 0.444. The number of nitrogens with zero attached hydrogens (tertiary/aromatic N) is 2. The van der Waals surface area contributed by atoms with Crippen molar-refractivity contribution in [2.24, 2.45) is 5.73 Å². The van der Waals surface area contributed by atoms with Crippen LogP contribution in [0.1, 0.15) is 47.1 Å². The van der Waals surface area contributed by atoms with Crippen LogP contribution in [0.5, 0.6) is 0 Å². The molecule has 1 aromatic carbocycles. The molecule has 1 amide bonds. The number of carbonyl (C=O) groups excluding carboxylic acids is 1. The van der Waals surface area contributed by atoms with Crippen LogP contribution >= 0.6 is 11.3 Å². The first-order valence-corrected chi connectivity index (χ1v) is 9.25. The molecule has 126 valence electrons. The van der Waals surface area contributed by atoms with E-state index in [4.69, 9.17) is 5.73 Å². The fourth-order valence-corrected chi connectivity index (χ4v) is 4.36. The summed E-state index contributed by atoms with van der Waals surface area (Å²) in [5.41, 5.74) is 7.37. The summed E-state index contributed by atoms with van der Waals surface area (Å²) in [6.45, 7) is 1.31. The van der Waals surface area contributed by atoms with Gasteiger partial charge in [-0.2, -0.15) is 0 Å². The molecular formula is C18H20FN3OS. The zero-order chi connectivity index (χ0) is 16.7. The maximum absolute atomic E-state index is 13.2. The molecule has 2 fully saturated rings. The Hall–Kier alpha value is -1.79. The van der Waals surface area contributed by atoms with Gasteiger partial charge in [0.05, 0.1) is 9.88 Å². The molecule has 0 bridgehead atoms. The second-order valence-electron chi connectivity index (χ2n) is 6.66. The van der Waals surface area contributed by atoms with Gasteiger partial charge < -0.3 is 10.6 Å². The van der Waals surface area contributed by atoms with Crippen molar-refractivity contribution in [2.75, 3.05) is 13.1 Å². The second kappa shape index (κ2) is 6.26. The molecule has 4 nitrogen and oxygen atoms in total. The van der Waals surface area contributed by atoms with E-state index >= 15 is 0 Å². The molecule has 24 heavy (non-hydrogen) atoms. The Morgan fingerprint density at radius 1 is 1.25 bits per heavy atom. The van der Waals surface area contributed by atoms with Crippen molar-refractivity contribution in [3.63, 3.8) is 0 Å². The molecule has 2 N–H and O–H groups in total. The predicted octanol–water partition coefficient (Wildman–Crippen LogP) is 3.39. The first-order chi connectivity index (χ1) is 11.6. The number of halogens is 1. The predicted molar refractivity (Wildman–Crippen MR) is 92.6 cm³/mol. The van der Waals surface area contributed by atoms with Gasteiger partial charge in [-0.15, -0.1) is 11.3 Å². The summed E-state index contributed by atoms with van der Waals surface area (Å²) in [6.07, 6.45) is 4.16. The third kappa shape index (κ3) is 3.08. The molecule has 0 radical (unpaired) electrons. The number of carbonyl (C=O) groups is 1. The zero-order valence-electron chi connectivity index (χ0n) is 13.4. The minimum absolute atomic E-state index is 0.0403. The number of nitrogens with two attached hydrogens (primary N) is 1. The van der Waals surface area contributed by atoms with Crippen LogP contribution < -0.4 is 5.73 Å². The van der Waals surface area contributed by atoms with E-state index in [2.05, 4.69) is 4.98 Å². The standard InChI is InChI=1S/C18H20FN3OS/c19-13-7-5-11(6-8-13)16-15(21-17(24-16)12-3-4-12)18(23)22-9-1-2-14(20)10-22/h5-8,12,14H,1-4,9-10,20H2. The van der Waals surface area contributed by atoms with Gasteiger partial charge in [0.2, 0.25) is 0 Å². The second-order valence-corrected chi connectivity index (χ2v) is 7.70. The number of benzene rings is 1. The van der Waals surface area contributed by atoms with E-state index in [0.29, 0.717) is 18.2 Å². The summed E-state index contributed by atoms with van der Waals surface area (Å²) >= 11 is 1.57. The highest BCUT2D eigenvalue weighted by Gasteiger charge is 2.32. The van der Waals surface area contributed by atoms with Crippen LogP contribution in [-0.4, -0.2) is 34.9 Å². The van der Waals surface area contributed by atoms with Crippen LogP contribution in [0.2, 0.25) is 0 Å². The first-order valence-electron chi connectivity index (χ1n) is 8.43. The average Bonchev–Trinajstić information content (AvgIpc) is 3.34. The lowest BCUT2D eigenvalue weighted by atomic mass is 10.1. The van der Waals surface area contributed by atoms with E-state index in [-0.39, 0.29) is 17.8 Å². The summed E-state index contributed by atoms with van der Waals surface area (Å²) in [5.74, 6) is 0.160. The van der Waals surface area contributed by atoms with Crippen molar-refractivity contribution in [1.82, 2.24) is 9.88 Å². The number of rotatable bonds is 3. The summed E-state index contributed by atoms with van der Waals surface area (Å²) in [4.78, 5) is 20.3. The molecule has 1 aliphatic heterocycles. The minimum atomic E-state index is -0.277. The summed E-state index contributed by atoms with van der Waals surface area (Å²) in [5, 5.41) is 1.03. The number of hydrogen-bond donors (Lipinski definition) is 1. The number of likely N-dealkylation sites (tertiary alicyclic amines) is 1. The molecule has 0 spiro atoms. The van der Waals surface area contributed by atoms with Crippen molar-refractivity contribution in [3.05, 3.63) is 40.8 Å². The lowest BCUT2D eigenvalue weighted by molar-refractivity contribution is 0.0704. The van der Waals surface area contributed by atoms with Gasteiger partial charge in [-0.3, -0.25) is 4.79 Å². The molecule has 1 aromatic heterocycles. The molecule has 2 heterocycles. The van der Waals surface area contributed by atoms with E-state index < -0.39 is 0 Å². The van der Waals surface area contributed by atoms with E-state index in [0.717, 1.165) is 47.7 Å². The summed E-state index contributed by atoms with van der Waals surface area (Å²) in [7, 11) is 0. The Labute approximate surface area is 144 Å². The van der Waals surface area contributed by atoms with Crippen LogP contribution in [0.25, 0.3) is 10.4 Å². The van der Waals surface area contributed by atoms with Gasteiger partial charge in [0, 0.05) is 25.0 Å². The number of aromatic nitrogens is 1. The van der Waals surface area contributed by atoms with Gasteiger partial charge in [0.1, 0.15) is 11.5 Å². The van der Waals surface area contributed by atoms with Gasteiger partial charge in [-0.05, 0) is 43.4 Å². The third-order valence-corrected chi connectivity index (χ3v) is 5.89. The third-order valence-electron chi connectivity index (χ3n) is 4.62. The van der Waals surface area contributed by atoms with Crippen LogP contribution in [0.3, 0.4) is 0 Å². The highest BCUT2D eigenvalue weighted by atomic mass is 32.1. The van der Waals surface area contributed by atoms with Crippen molar-refractivity contribution >= 4 is 17.2 Å². The average molecular weight is 345 g/mol. The quantitative estimate of drug-likeness (QED) is 0.928. The molecule has 1 aliphatic carbocycles. The highest BCUT2D eigenvalue weighted by molar-refractivity contribution is 7.15. The van der Waals surface area contributed by atoms with Crippen LogP contribution in [0.4, 0.5) is 4.39 Å². The summed E-state index contributed by atoms with van der Waals surface area (Å²) in [6, 6.07) is 6.34. The van der Waals surface area contributed by atoms with Gasteiger partial charge >= 0.3 is 0 Å². The Bertz CT molecular complexity index is 754. The van der Waals surface area contributed by atoms with Crippen LogP contribution in [0, 0.1) is 5.82 Å². The molecule has 2 aromatic rings.